The topological polar surface area (TPSA) is 55.9 Å². The molecule has 0 spiro atoms. The van der Waals surface area contributed by atoms with Crippen LogP contribution in [0.3, 0.4) is 0 Å². The Morgan fingerprint density at radius 2 is 1.49 bits per heavy atom. The number of fused-ring (bicyclic) bond motifs is 1. The van der Waals surface area contributed by atoms with Crippen LogP contribution in [-0.2, 0) is 4.79 Å². The number of hydrogen-bond acceptors (Lipinski definition) is 4. The molecule has 0 aromatic heterocycles. The summed E-state index contributed by atoms with van der Waals surface area (Å²) in [6.45, 7) is 11.4. The van der Waals surface area contributed by atoms with Crippen molar-refractivity contribution in [1.29, 1.82) is 0 Å². The molecule has 2 unspecified atom stereocenters. The zero-order valence-electron chi connectivity index (χ0n) is 22.5. The van der Waals surface area contributed by atoms with Gasteiger partial charge in [0.15, 0.2) is 0 Å². The number of rotatable bonds is 8. The highest BCUT2D eigenvalue weighted by Gasteiger charge is 2.42. The van der Waals surface area contributed by atoms with Crippen molar-refractivity contribution in [1.82, 2.24) is 20.0 Å². The van der Waals surface area contributed by atoms with Gasteiger partial charge in [-0.05, 0) is 74.7 Å². The number of nitrogens with one attached hydrogen (secondary N) is 1. The standard InChI is InChI=1S/C31H42N4O2/c1-23-10-9-11-24(2)30(23)31(37)35-20-26-18-34(19-27(26)21-35)17-14-28(25-12-5-3-6-13-25)32-29(36)22-33-15-7-4-8-16-33/h3,5-6,9-13,26-28H,4,7-8,14-22H2,1-2H3,(H,32,36)/t26-,27?,28?/m0/s1. The first kappa shape index (κ1) is 25.9. The Hall–Kier alpha value is -2.70. The van der Waals surface area contributed by atoms with Crippen molar-refractivity contribution in [2.45, 2.75) is 45.6 Å². The molecule has 0 bridgehead atoms. The maximum atomic E-state index is 13.3. The number of hydrogen-bond donors (Lipinski definition) is 1. The van der Waals surface area contributed by atoms with Crippen LogP contribution < -0.4 is 5.32 Å². The highest BCUT2D eigenvalue weighted by Crippen LogP contribution is 2.33. The van der Waals surface area contributed by atoms with Crippen LogP contribution in [0.4, 0.5) is 0 Å². The molecule has 5 rings (SSSR count). The van der Waals surface area contributed by atoms with Crippen LogP contribution >= 0.6 is 0 Å². The Bertz CT molecular complexity index is 1050. The maximum absolute atomic E-state index is 13.3. The maximum Gasteiger partial charge on any atom is 0.254 e. The molecule has 6 nitrogen and oxygen atoms in total. The van der Waals surface area contributed by atoms with E-state index in [0.29, 0.717) is 18.4 Å². The average molecular weight is 503 g/mol. The van der Waals surface area contributed by atoms with E-state index < -0.39 is 0 Å². The molecular weight excluding hydrogens is 460 g/mol. The van der Waals surface area contributed by atoms with Gasteiger partial charge in [-0.25, -0.2) is 0 Å². The molecule has 0 aliphatic carbocycles. The Morgan fingerprint density at radius 3 is 2.14 bits per heavy atom. The Morgan fingerprint density at radius 1 is 0.838 bits per heavy atom. The average Bonchev–Trinajstić information content (AvgIpc) is 3.47. The predicted octanol–water partition coefficient (Wildman–Crippen LogP) is 4.04. The normalized spacial score (nSPS) is 23.1. The zero-order valence-corrected chi connectivity index (χ0v) is 22.5. The molecule has 198 valence electrons. The molecule has 2 amide bonds. The lowest BCUT2D eigenvalue weighted by molar-refractivity contribution is -0.123. The van der Waals surface area contributed by atoms with Crippen LogP contribution in [0.25, 0.3) is 0 Å². The lowest BCUT2D eigenvalue weighted by atomic mass is 10.0. The largest absolute Gasteiger partial charge is 0.348 e. The molecule has 6 heteroatoms. The summed E-state index contributed by atoms with van der Waals surface area (Å²) >= 11 is 0. The number of piperidine rings is 1. The highest BCUT2D eigenvalue weighted by molar-refractivity contribution is 5.97. The Labute approximate surface area is 222 Å². The number of benzene rings is 2. The van der Waals surface area contributed by atoms with Crippen molar-refractivity contribution in [2.75, 3.05) is 52.4 Å². The molecule has 2 aromatic rings. The van der Waals surface area contributed by atoms with Crippen molar-refractivity contribution >= 4 is 11.8 Å². The SMILES string of the molecule is Cc1cccc(C)c1C(=O)N1CC2CN(CCC(NC(=O)CN3CCCCC3)c3ccccc3)C[C@H]2C1. The van der Waals surface area contributed by atoms with E-state index in [2.05, 4.69) is 44.3 Å². The van der Waals surface area contributed by atoms with Gasteiger partial charge in [-0.3, -0.25) is 14.5 Å². The van der Waals surface area contributed by atoms with Gasteiger partial charge in [0, 0.05) is 38.3 Å². The minimum absolute atomic E-state index is 0.0287. The van der Waals surface area contributed by atoms with Gasteiger partial charge < -0.3 is 15.1 Å². The molecular formula is C31H42N4O2. The first-order valence-electron chi connectivity index (χ1n) is 14.1. The van der Waals surface area contributed by atoms with Crippen molar-refractivity contribution < 1.29 is 9.59 Å². The van der Waals surface area contributed by atoms with Gasteiger partial charge in [0.25, 0.3) is 5.91 Å². The number of carbonyl (C=O) groups excluding carboxylic acids is 2. The van der Waals surface area contributed by atoms with E-state index >= 15 is 0 Å². The van der Waals surface area contributed by atoms with E-state index in [1.54, 1.807) is 0 Å². The summed E-state index contributed by atoms with van der Waals surface area (Å²) in [5.41, 5.74) is 4.19. The Kier molecular flexibility index (Phi) is 8.26. The van der Waals surface area contributed by atoms with Crippen LogP contribution in [0.1, 0.15) is 58.8 Å². The fraction of sp³-hybridized carbons (Fsp3) is 0.548. The van der Waals surface area contributed by atoms with Crippen molar-refractivity contribution in [3.63, 3.8) is 0 Å². The summed E-state index contributed by atoms with van der Waals surface area (Å²) in [4.78, 5) is 33.1. The molecule has 3 saturated heterocycles. The summed E-state index contributed by atoms with van der Waals surface area (Å²) in [7, 11) is 0. The van der Waals surface area contributed by atoms with Gasteiger partial charge in [-0.15, -0.1) is 0 Å². The molecule has 3 aliphatic rings. The molecule has 0 saturated carbocycles. The van der Waals surface area contributed by atoms with Crippen molar-refractivity contribution in [3.05, 3.63) is 70.8 Å². The van der Waals surface area contributed by atoms with E-state index in [1.807, 2.05) is 38.1 Å². The number of likely N-dealkylation sites (tertiary alicyclic amines) is 3. The van der Waals surface area contributed by atoms with E-state index in [1.165, 1.54) is 24.8 Å². The second-order valence-corrected chi connectivity index (χ2v) is 11.4. The van der Waals surface area contributed by atoms with Crippen LogP contribution in [0.5, 0.6) is 0 Å². The minimum atomic E-state index is 0.0287. The van der Waals surface area contributed by atoms with E-state index in [-0.39, 0.29) is 17.9 Å². The fourth-order valence-corrected chi connectivity index (χ4v) is 6.63. The molecule has 1 N–H and O–H groups in total. The van der Waals surface area contributed by atoms with Gasteiger partial charge in [-0.2, -0.15) is 0 Å². The predicted molar refractivity (Wildman–Crippen MR) is 147 cm³/mol. The lowest BCUT2D eigenvalue weighted by Gasteiger charge is -2.28. The first-order chi connectivity index (χ1) is 18.0. The van der Waals surface area contributed by atoms with Gasteiger partial charge in [0.1, 0.15) is 0 Å². The second-order valence-electron chi connectivity index (χ2n) is 11.4. The summed E-state index contributed by atoms with van der Waals surface area (Å²) < 4.78 is 0. The molecule has 0 radical (unpaired) electrons. The lowest BCUT2D eigenvalue weighted by Crippen LogP contribution is -2.41. The van der Waals surface area contributed by atoms with Crippen LogP contribution in [-0.4, -0.2) is 78.9 Å². The molecule has 3 atom stereocenters. The monoisotopic (exact) mass is 502 g/mol. The van der Waals surface area contributed by atoms with Crippen LogP contribution in [0, 0.1) is 25.7 Å². The molecule has 3 heterocycles. The van der Waals surface area contributed by atoms with Gasteiger partial charge >= 0.3 is 0 Å². The summed E-state index contributed by atoms with van der Waals surface area (Å²) in [5.74, 6) is 1.40. The second kappa shape index (κ2) is 11.8. The number of carbonyl (C=O) groups is 2. The Balaban J connectivity index is 1.15. The first-order valence-corrected chi connectivity index (χ1v) is 14.1. The van der Waals surface area contributed by atoms with Crippen molar-refractivity contribution in [3.8, 4) is 0 Å². The highest BCUT2D eigenvalue weighted by atomic mass is 16.2. The molecule has 37 heavy (non-hydrogen) atoms. The number of amides is 2. The molecule has 3 aliphatic heterocycles. The summed E-state index contributed by atoms with van der Waals surface area (Å²) in [5, 5.41) is 3.35. The van der Waals surface area contributed by atoms with Crippen LogP contribution in [0.15, 0.2) is 48.5 Å². The summed E-state index contributed by atoms with van der Waals surface area (Å²) in [6, 6.07) is 16.5. The number of nitrogens with zero attached hydrogens (tertiary/aromatic N) is 3. The van der Waals surface area contributed by atoms with Gasteiger partial charge in [0.2, 0.25) is 5.91 Å². The molecule has 3 fully saturated rings. The third kappa shape index (κ3) is 6.24. The van der Waals surface area contributed by atoms with Gasteiger partial charge in [0.05, 0.1) is 12.6 Å². The van der Waals surface area contributed by atoms with Gasteiger partial charge in [-0.1, -0.05) is 55.0 Å². The quantitative estimate of drug-likeness (QED) is 0.592. The van der Waals surface area contributed by atoms with E-state index in [0.717, 1.165) is 68.9 Å². The van der Waals surface area contributed by atoms with Crippen molar-refractivity contribution in [2.24, 2.45) is 11.8 Å². The smallest absolute Gasteiger partial charge is 0.254 e. The minimum Gasteiger partial charge on any atom is -0.348 e. The van der Waals surface area contributed by atoms with E-state index in [4.69, 9.17) is 0 Å². The number of aryl methyl sites for hydroxylation is 2. The fourth-order valence-electron chi connectivity index (χ4n) is 6.63. The molecule has 2 aromatic carbocycles. The van der Waals surface area contributed by atoms with Crippen LogP contribution in [0.2, 0.25) is 0 Å². The summed E-state index contributed by atoms with van der Waals surface area (Å²) in [6.07, 6.45) is 4.57. The zero-order chi connectivity index (χ0) is 25.8. The third-order valence-corrected chi connectivity index (χ3v) is 8.63. The van der Waals surface area contributed by atoms with E-state index in [9.17, 15) is 9.59 Å². The third-order valence-electron chi connectivity index (χ3n) is 8.63.